The number of ketones is 1. The summed E-state index contributed by atoms with van der Waals surface area (Å²) in [6, 6.07) is 7.57. The molecule has 1 atom stereocenters. The number of hydrogen-bond acceptors (Lipinski definition) is 6. The topological polar surface area (TPSA) is 61.2 Å². The number of carbonyl (C=O) groups is 1. The van der Waals surface area contributed by atoms with Crippen LogP contribution < -0.4 is 10.3 Å². The van der Waals surface area contributed by atoms with E-state index in [-0.39, 0.29) is 16.6 Å². The van der Waals surface area contributed by atoms with Crippen LogP contribution in [0.15, 0.2) is 34.2 Å². The molecule has 30 heavy (non-hydrogen) atoms. The number of benzene rings is 1. The average Bonchev–Trinajstić information content (AvgIpc) is 3.32. The third-order valence-corrected chi connectivity index (χ3v) is 8.31. The molecule has 0 radical (unpaired) electrons. The van der Waals surface area contributed by atoms with Crippen LogP contribution in [0.25, 0.3) is 15.9 Å². The molecule has 2 heterocycles. The number of carbonyl (C=O) groups excluding carboxylic acids is 1. The molecule has 2 aromatic heterocycles. The number of nitrogens with zero attached hydrogens (tertiary/aromatic N) is 2. The molecule has 0 bridgehead atoms. The predicted octanol–water partition coefficient (Wildman–Crippen LogP) is 4.94. The lowest BCUT2D eigenvalue weighted by atomic mass is 9.99. The van der Waals surface area contributed by atoms with Gasteiger partial charge in [-0.25, -0.2) is 4.98 Å². The van der Waals surface area contributed by atoms with Gasteiger partial charge in [0.2, 0.25) is 0 Å². The average molecular weight is 441 g/mol. The van der Waals surface area contributed by atoms with E-state index >= 15 is 0 Å². The normalized spacial score (nSPS) is 18.7. The molecule has 156 valence electrons. The van der Waals surface area contributed by atoms with Gasteiger partial charge in [0.15, 0.2) is 5.16 Å². The first-order valence-electron chi connectivity index (χ1n) is 10.7. The van der Waals surface area contributed by atoms with Crippen molar-refractivity contribution in [1.82, 2.24) is 9.55 Å². The number of ether oxygens (including phenoxy) is 1. The molecule has 1 saturated carbocycles. The molecule has 0 saturated heterocycles. The molecule has 5 nitrogen and oxygen atoms in total. The first-order valence-corrected chi connectivity index (χ1v) is 12.3. The van der Waals surface area contributed by atoms with E-state index in [4.69, 9.17) is 9.72 Å². The Kier molecular flexibility index (Phi) is 5.41. The van der Waals surface area contributed by atoms with Crippen molar-refractivity contribution in [3.63, 3.8) is 0 Å². The van der Waals surface area contributed by atoms with Gasteiger partial charge in [-0.3, -0.25) is 14.2 Å². The Bertz CT molecular complexity index is 1160. The van der Waals surface area contributed by atoms with Gasteiger partial charge in [-0.2, -0.15) is 0 Å². The van der Waals surface area contributed by atoms with Gasteiger partial charge in [0, 0.05) is 11.3 Å². The van der Waals surface area contributed by atoms with Gasteiger partial charge in [0.1, 0.15) is 16.4 Å². The van der Waals surface area contributed by atoms with Crippen LogP contribution in [0.3, 0.4) is 0 Å². The highest BCUT2D eigenvalue weighted by molar-refractivity contribution is 8.00. The quantitative estimate of drug-likeness (QED) is 0.526. The fraction of sp³-hybridized carbons (Fsp3) is 0.435. The van der Waals surface area contributed by atoms with Crippen molar-refractivity contribution in [2.45, 2.75) is 62.3 Å². The highest BCUT2D eigenvalue weighted by atomic mass is 32.2. The second-order valence-corrected chi connectivity index (χ2v) is 10.1. The molecule has 0 spiro atoms. The highest BCUT2D eigenvalue weighted by Gasteiger charge is 2.28. The second kappa shape index (κ2) is 8.19. The van der Waals surface area contributed by atoms with E-state index in [2.05, 4.69) is 0 Å². The van der Waals surface area contributed by atoms with E-state index in [1.54, 1.807) is 15.9 Å². The van der Waals surface area contributed by atoms with Gasteiger partial charge < -0.3 is 4.74 Å². The molecule has 0 aliphatic heterocycles. The largest absolute Gasteiger partial charge is 0.494 e. The zero-order chi connectivity index (χ0) is 20.7. The highest BCUT2D eigenvalue weighted by Crippen LogP contribution is 2.38. The van der Waals surface area contributed by atoms with Gasteiger partial charge in [0.05, 0.1) is 22.9 Å². The van der Waals surface area contributed by atoms with Crippen molar-refractivity contribution >= 4 is 39.1 Å². The Hall–Kier alpha value is -2.12. The molecule has 2 aliphatic carbocycles. The maximum Gasteiger partial charge on any atom is 0.267 e. The molecule has 1 unspecified atom stereocenters. The van der Waals surface area contributed by atoms with Crippen LogP contribution >= 0.6 is 23.1 Å². The van der Waals surface area contributed by atoms with E-state index in [0.717, 1.165) is 60.2 Å². The Morgan fingerprint density at radius 3 is 2.73 bits per heavy atom. The summed E-state index contributed by atoms with van der Waals surface area (Å²) in [5, 5.41) is 1.27. The van der Waals surface area contributed by atoms with Crippen LogP contribution in [-0.2, 0) is 17.6 Å². The van der Waals surface area contributed by atoms with Crippen LogP contribution in [0.1, 0.15) is 49.5 Å². The molecular weight excluding hydrogens is 416 g/mol. The van der Waals surface area contributed by atoms with Crippen molar-refractivity contribution in [2.75, 3.05) is 6.61 Å². The van der Waals surface area contributed by atoms with Crippen LogP contribution in [0.5, 0.6) is 5.75 Å². The van der Waals surface area contributed by atoms with E-state index in [0.29, 0.717) is 18.2 Å². The lowest BCUT2D eigenvalue weighted by Crippen LogP contribution is -2.26. The smallest absolute Gasteiger partial charge is 0.267 e. The van der Waals surface area contributed by atoms with E-state index in [9.17, 15) is 9.59 Å². The summed E-state index contributed by atoms with van der Waals surface area (Å²) in [5.74, 6) is 1.05. The van der Waals surface area contributed by atoms with Crippen molar-refractivity contribution < 1.29 is 9.53 Å². The summed E-state index contributed by atoms with van der Waals surface area (Å²) in [6.07, 6.45) is 6.57. The van der Waals surface area contributed by atoms with Crippen molar-refractivity contribution in [1.29, 1.82) is 0 Å². The monoisotopic (exact) mass is 440 g/mol. The van der Waals surface area contributed by atoms with E-state index in [1.807, 2.05) is 31.2 Å². The van der Waals surface area contributed by atoms with Crippen molar-refractivity contribution in [3.8, 4) is 11.4 Å². The van der Waals surface area contributed by atoms with Crippen LogP contribution in [0.4, 0.5) is 0 Å². The first-order chi connectivity index (χ1) is 14.7. The summed E-state index contributed by atoms with van der Waals surface area (Å²) in [7, 11) is 0. The van der Waals surface area contributed by atoms with Crippen LogP contribution in [-0.4, -0.2) is 27.2 Å². The SMILES string of the molecule is CCOc1ccc(-n2c(SC3CCCCC3=O)nc3sc4c(c3c2=O)CCC4)cc1. The number of fused-ring (bicyclic) bond motifs is 3. The summed E-state index contributed by atoms with van der Waals surface area (Å²) >= 11 is 3.10. The second-order valence-electron chi connectivity index (χ2n) is 7.82. The summed E-state index contributed by atoms with van der Waals surface area (Å²) in [5.41, 5.74) is 1.92. The molecule has 2 aliphatic rings. The predicted molar refractivity (Wildman–Crippen MR) is 122 cm³/mol. The number of Topliss-reactive ketones (excluding diaryl/α,β-unsaturated/α-hetero) is 1. The van der Waals surface area contributed by atoms with E-state index < -0.39 is 0 Å². The fourth-order valence-electron chi connectivity index (χ4n) is 4.39. The maximum atomic E-state index is 13.7. The lowest BCUT2D eigenvalue weighted by Gasteiger charge is -2.21. The van der Waals surface area contributed by atoms with Gasteiger partial charge in [-0.05, 0) is 68.9 Å². The van der Waals surface area contributed by atoms with Gasteiger partial charge in [-0.15, -0.1) is 11.3 Å². The molecule has 3 aromatic rings. The number of aryl methyl sites for hydroxylation is 2. The molecule has 1 fully saturated rings. The van der Waals surface area contributed by atoms with Crippen LogP contribution in [0, 0.1) is 0 Å². The molecular formula is C23H24N2O3S2. The van der Waals surface area contributed by atoms with Gasteiger partial charge in [0.25, 0.3) is 5.56 Å². The number of thioether (sulfide) groups is 1. The van der Waals surface area contributed by atoms with Crippen LogP contribution in [0.2, 0.25) is 0 Å². The number of hydrogen-bond donors (Lipinski definition) is 0. The minimum absolute atomic E-state index is 0.0191. The third-order valence-electron chi connectivity index (χ3n) is 5.86. The molecule has 7 heteroatoms. The minimum Gasteiger partial charge on any atom is -0.494 e. The summed E-state index contributed by atoms with van der Waals surface area (Å²) in [4.78, 5) is 33.2. The molecule has 0 N–H and O–H groups in total. The van der Waals surface area contributed by atoms with Crippen molar-refractivity contribution in [2.24, 2.45) is 0 Å². The van der Waals surface area contributed by atoms with Crippen molar-refractivity contribution in [3.05, 3.63) is 45.1 Å². The zero-order valence-electron chi connectivity index (χ0n) is 17.0. The molecule has 0 amide bonds. The summed E-state index contributed by atoms with van der Waals surface area (Å²) in [6.45, 7) is 2.54. The Morgan fingerprint density at radius 2 is 1.97 bits per heavy atom. The lowest BCUT2D eigenvalue weighted by molar-refractivity contribution is -0.119. The first kappa shape index (κ1) is 19.8. The maximum absolute atomic E-state index is 13.7. The molecule has 1 aromatic carbocycles. The fourth-order valence-corrected chi connectivity index (χ4v) is 6.93. The Morgan fingerprint density at radius 1 is 1.13 bits per heavy atom. The number of thiophene rings is 1. The number of aromatic nitrogens is 2. The molecule has 5 rings (SSSR count). The number of rotatable bonds is 5. The Balaban J connectivity index is 1.66. The standard InChI is InChI=1S/C23H24N2O3S2/c1-2-28-15-12-10-14(11-13-15)25-22(27)20-16-6-5-9-18(16)29-21(20)24-23(25)30-19-8-4-3-7-17(19)26/h10-13,19H,2-9H2,1H3. The Labute approximate surface area is 183 Å². The zero-order valence-corrected chi connectivity index (χ0v) is 18.6. The van der Waals surface area contributed by atoms with E-state index in [1.165, 1.54) is 22.2 Å². The van der Waals surface area contributed by atoms with Gasteiger partial charge in [-0.1, -0.05) is 18.2 Å². The third kappa shape index (κ3) is 3.48. The van der Waals surface area contributed by atoms with Gasteiger partial charge >= 0.3 is 0 Å². The summed E-state index contributed by atoms with van der Waals surface area (Å²) < 4.78 is 7.26. The minimum atomic E-state index is -0.121.